The highest BCUT2D eigenvalue weighted by atomic mass is 16.2. The first-order chi connectivity index (χ1) is 12.4. The third-order valence-corrected chi connectivity index (χ3v) is 6.08. The van der Waals surface area contributed by atoms with Crippen molar-refractivity contribution in [3.63, 3.8) is 0 Å². The Morgan fingerprint density at radius 1 is 1.31 bits per heavy atom. The van der Waals surface area contributed by atoms with Gasteiger partial charge in [0.15, 0.2) is 5.96 Å². The molecule has 0 aromatic carbocycles. The van der Waals surface area contributed by atoms with Gasteiger partial charge < -0.3 is 20.4 Å². The Balaban J connectivity index is 2.00. The lowest BCUT2D eigenvalue weighted by Crippen LogP contribution is -2.51. The minimum Gasteiger partial charge on any atom is -0.357 e. The molecule has 26 heavy (non-hydrogen) atoms. The molecule has 6 nitrogen and oxygen atoms in total. The van der Waals surface area contributed by atoms with Crippen molar-refractivity contribution in [1.82, 2.24) is 20.4 Å². The van der Waals surface area contributed by atoms with Crippen LogP contribution in [0.15, 0.2) is 4.99 Å². The lowest BCUT2D eigenvalue weighted by Gasteiger charge is -2.44. The van der Waals surface area contributed by atoms with E-state index in [1.54, 1.807) is 0 Å². The smallest absolute Gasteiger partial charge is 0.222 e. The van der Waals surface area contributed by atoms with Crippen LogP contribution in [0.1, 0.15) is 59.3 Å². The minimum atomic E-state index is 0.167. The van der Waals surface area contributed by atoms with Crippen molar-refractivity contribution in [2.24, 2.45) is 10.9 Å². The number of nitrogens with one attached hydrogen (secondary N) is 2. The van der Waals surface area contributed by atoms with E-state index in [2.05, 4.69) is 43.5 Å². The largest absolute Gasteiger partial charge is 0.357 e. The van der Waals surface area contributed by atoms with Crippen LogP contribution < -0.4 is 10.6 Å². The Hall–Kier alpha value is -1.30. The van der Waals surface area contributed by atoms with Gasteiger partial charge in [-0.25, -0.2) is 0 Å². The van der Waals surface area contributed by atoms with Crippen LogP contribution in [0.25, 0.3) is 0 Å². The Morgan fingerprint density at radius 3 is 2.69 bits per heavy atom. The summed E-state index contributed by atoms with van der Waals surface area (Å²) >= 11 is 0. The molecule has 0 bridgehead atoms. The molecule has 0 aromatic rings. The van der Waals surface area contributed by atoms with Gasteiger partial charge >= 0.3 is 0 Å². The van der Waals surface area contributed by atoms with Gasteiger partial charge in [0.05, 0.1) is 6.54 Å². The van der Waals surface area contributed by atoms with Gasteiger partial charge in [0.25, 0.3) is 0 Å². The molecule has 1 amide bonds. The molecular formula is C20H39N5O. The highest BCUT2D eigenvalue weighted by Gasteiger charge is 2.37. The van der Waals surface area contributed by atoms with E-state index in [-0.39, 0.29) is 11.4 Å². The summed E-state index contributed by atoms with van der Waals surface area (Å²) in [4.78, 5) is 21.2. The summed E-state index contributed by atoms with van der Waals surface area (Å²) in [6.45, 7) is 9.70. The Morgan fingerprint density at radius 2 is 2.08 bits per heavy atom. The SMILES string of the molecule is CCNC(=NCC1(N(C)C)CCCC(C)C1)NC1CCN(C(=O)CC)C1. The molecule has 6 heteroatoms. The molecule has 1 aliphatic carbocycles. The first kappa shape index (κ1) is 21.0. The predicted molar refractivity (Wildman–Crippen MR) is 108 cm³/mol. The van der Waals surface area contributed by atoms with E-state index >= 15 is 0 Å². The zero-order valence-corrected chi connectivity index (χ0v) is 17.5. The van der Waals surface area contributed by atoms with Crippen LogP contribution in [-0.4, -0.2) is 73.5 Å². The summed E-state index contributed by atoms with van der Waals surface area (Å²) in [7, 11) is 4.39. The van der Waals surface area contributed by atoms with Gasteiger partial charge in [0.1, 0.15) is 0 Å². The van der Waals surface area contributed by atoms with E-state index in [0.29, 0.717) is 12.5 Å². The Bertz CT molecular complexity index is 493. The van der Waals surface area contributed by atoms with Gasteiger partial charge in [0.2, 0.25) is 5.91 Å². The summed E-state index contributed by atoms with van der Waals surface area (Å²) < 4.78 is 0. The number of likely N-dealkylation sites (tertiary alicyclic amines) is 1. The quantitative estimate of drug-likeness (QED) is 0.559. The number of hydrogen-bond acceptors (Lipinski definition) is 3. The van der Waals surface area contributed by atoms with Crippen LogP contribution in [0.2, 0.25) is 0 Å². The van der Waals surface area contributed by atoms with Gasteiger partial charge in [-0.1, -0.05) is 26.7 Å². The number of aliphatic imine (C=N–C) groups is 1. The van der Waals surface area contributed by atoms with E-state index in [1.807, 2.05) is 11.8 Å². The molecule has 2 fully saturated rings. The van der Waals surface area contributed by atoms with Crippen LogP contribution >= 0.6 is 0 Å². The average molecular weight is 366 g/mol. The first-order valence-corrected chi connectivity index (χ1v) is 10.4. The molecule has 0 radical (unpaired) electrons. The van der Waals surface area contributed by atoms with E-state index in [9.17, 15) is 4.79 Å². The van der Waals surface area contributed by atoms with E-state index in [4.69, 9.17) is 4.99 Å². The predicted octanol–water partition coefficient (Wildman–Crippen LogP) is 2.06. The molecule has 0 spiro atoms. The number of amides is 1. The second-order valence-corrected chi connectivity index (χ2v) is 8.34. The zero-order valence-electron chi connectivity index (χ0n) is 17.5. The third-order valence-electron chi connectivity index (χ3n) is 6.08. The molecule has 2 N–H and O–H groups in total. The molecule has 1 saturated heterocycles. The molecule has 0 aromatic heterocycles. The number of likely N-dealkylation sites (N-methyl/N-ethyl adjacent to an activating group) is 1. The average Bonchev–Trinajstić information content (AvgIpc) is 3.07. The highest BCUT2D eigenvalue weighted by molar-refractivity contribution is 5.80. The van der Waals surface area contributed by atoms with E-state index < -0.39 is 0 Å². The van der Waals surface area contributed by atoms with Gasteiger partial charge in [-0.05, 0) is 46.2 Å². The summed E-state index contributed by atoms with van der Waals surface area (Å²) in [5, 5.41) is 6.95. The van der Waals surface area contributed by atoms with Crippen molar-refractivity contribution in [2.45, 2.75) is 70.9 Å². The van der Waals surface area contributed by atoms with E-state index in [0.717, 1.165) is 44.5 Å². The zero-order chi connectivity index (χ0) is 19.2. The van der Waals surface area contributed by atoms with Crippen LogP contribution in [-0.2, 0) is 4.79 Å². The first-order valence-electron chi connectivity index (χ1n) is 10.4. The van der Waals surface area contributed by atoms with Gasteiger partial charge in [-0.15, -0.1) is 0 Å². The third kappa shape index (κ3) is 5.35. The van der Waals surface area contributed by atoms with Crippen molar-refractivity contribution in [2.75, 3.05) is 40.3 Å². The van der Waals surface area contributed by atoms with Gasteiger partial charge in [-0.2, -0.15) is 0 Å². The highest BCUT2D eigenvalue weighted by Crippen LogP contribution is 2.35. The second kappa shape index (κ2) is 9.58. The molecule has 150 valence electrons. The van der Waals surface area contributed by atoms with Crippen LogP contribution in [0.4, 0.5) is 0 Å². The number of carbonyl (C=O) groups excluding carboxylic acids is 1. The van der Waals surface area contributed by atoms with Crippen molar-refractivity contribution >= 4 is 11.9 Å². The molecule has 1 saturated carbocycles. The molecule has 1 heterocycles. The van der Waals surface area contributed by atoms with Crippen LogP contribution in [0, 0.1) is 5.92 Å². The maximum absolute atomic E-state index is 11.9. The Kier molecular flexibility index (Phi) is 7.74. The standard InChI is InChI=1S/C20H39N5O/c1-6-18(26)25-12-10-17(14-25)23-19(21-7-2)22-15-20(24(4)5)11-8-9-16(3)13-20/h16-17H,6-15H2,1-5H3,(H2,21,22,23). The maximum atomic E-state index is 11.9. The molecule has 2 aliphatic rings. The van der Waals surface area contributed by atoms with Crippen molar-refractivity contribution in [3.05, 3.63) is 0 Å². The summed E-state index contributed by atoms with van der Waals surface area (Å²) in [6, 6.07) is 0.295. The summed E-state index contributed by atoms with van der Waals surface area (Å²) in [6.07, 6.45) is 6.63. The minimum absolute atomic E-state index is 0.167. The lowest BCUT2D eigenvalue weighted by molar-refractivity contribution is -0.129. The summed E-state index contributed by atoms with van der Waals surface area (Å²) in [5.74, 6) is 1.90. The van der Waals surface area contributed by atoms with Crippen molar-refractivity contribution < 1.29 is 4.79 Å². The van der Waals surface area contributed by atoms with E-state index in [1.165, 1.54) is 25.7 Å². The molecule has 1 aliphatic heterocycles. The van der Waals surface area contributed by atoms with Crippen LogP contribution in [0.3, 0.4) is 0 Å². The number of nitrogens with zero attached hydrogens (tertiary/aromatic N) is 3. The fourth-order valence-corrected chi connectivity index (χ4v) is 4.39. The van der Waals surface area contributed by atoms with Crippen molar-refractivity contribution in [3.8, 4) is 0 Å². The number of hydrogen-bond donors (Lipinski definition) is 2. The summed E-state index contributed by atoms with van der Waals surface area (Å²) in [5.41, 5.74) is 0.167. The number of rotatable bonds is 6. The maximum Gasteiger partial charge on any atom is 0.222 e. The number of carbonyl (C=O) groups is 1. The molecule has 3 unspecified atom stereocenters. The van der Waals surface area contributed by atoms with Crippen molar-refractivity contribution in [1.29, 1.82) is 0 Å². The van der Waals surface area contributed by atoms with Gasteiger partial charge in [0, 0.05) is 37.6 Å². The molecular weight excluding hydrogens is 326 g/mol. The lowest BCUT2D eigenvalue weighted by atomic mass is 9.75. The number of guanidine groups is 1. The monoisotopic (exact) mass is 365 g/mol. The fourth-order valence-electron chi connectivity index (χ4n) is 4.39. The topological polar surface area (TPSA) is 60.0 Å². The molecule has 3 atom stereocenters. The van der Waals surface area contributed by atoms with Gasteiger partial charge in [-0.3, -0.25) is 9.79 Å². The molecule has 2 rings (SSSR count). The second-order valence-electron chi connectivity index (χ2n) is 8.34. The Labute approximate surface area is 159 Å². The fraction of sp³-hybridized carbons (Fsp3) is 0.900. The van der Waals surface area contributed by atoms with Crippen LogP contribution in [0.5, 0.6) is 0 Å². The normalized spacial score (nSPS) is 29.9.